The van der Waals surface area contributed by atoms with Gasteiger partial charge in [-0.1, -0.05) is 61.9 Å². The Kier molecular flexibility index (Phi) is 3.83. The number of nitrogens with one attached hydrogen (secondary N) is 1. The highest BCUT2D eigenvalue weighted by atomic mass is 32.2. The van der Waals surface area contributed by atoms with Gasteiger partial charge in [0.25, 0.3) is 0 Å². The van der Waals surface area contributed by atoms with E-state index >= 15 is 0 Å². The van der Waals surface area contributed by atoms with Crippen molar-refractivity contribution in [2.45, 2.75) is 37.9 Å². The van der Waals surface area contributed by atoms with E-state index in [-0.39, 0.29) is 0 Å². The van der Waals surface area contributed by atoms with Gasteiger partial charge in [-0.05, 0) is 23.8 Å². The summed E-state index contributed by atoms with van der Waals surface area (Å²) in [5, 5.41) is 5.22. The van der Waals surface area contributed by atoms with Gasteiger partial charge in [0.05, 0.1) is 11.8 Å². The fourth-order valence-electron chi connectivity index (χ4n) is 3.01. The Morgan fingerprint density at radius 3 is 2.74 bits per heavy atom. The summed E-state index contributed by atoms with van der Waals surface area (Å²) in [5.74, 6) is 0. The van der Waals surface area contributed by atoms with E-state index < -0.39 is 0 Å². The molecule has 102 valence electrons. The predicted octanol–water partition coefficient (Wildman–Crippen LogP) is 4.00. The van der Waals surface area contributed by atoms with E-state index in [9.17, 15) is 0 Å². The van der Waals surface area contributed by atoms with Crippen molar-refractivity contribution in [1.82, 2.24) is 5.32 Å². The molecule has 1 aromatic rings. The quantitative estimate of drug-likeness (QED) is 0.901. The van der Waals surface area contributed by atoms with Gasteiger partial charge in [0.15, 0.2) is 5.17 Å². The zero-order chi connectivity index (χ0) is 13.1. The highest BCUT2D eigenvalue weighted by Crippen LogP contribution is 2.38. The van der Waals surface area contributed by atoms with Crippen LogP contribution in [0.3, 0.4) is 0 Å². The van der Waals surface area contributed by atoms with E-state index in [4.69, 9.17) is 0 Å². The molecule has 2 aliphatic rings. The van der Waals surface area contributed by atoms with E-state index in [2.05, 4.69) is 47.6 Å². The molecular weight excluding hydrogens is 252 g/mol. The molecule has 1 fully saturated rings. The third-order valence-electron chi connectivity index (χ3n) is 4.30. The Morgan fingerprint density at radius 1 is 1.26 bits per heavy atom. The summed E-state index contributed by atoms with van der Waals surface area (Å²) < 4.78 is 0. The van der Waals surface area contributed by atoms with Gasteiger partial charge in [-0.2, -0.15) is 0 Å². The van der Waals surface area contributed by atoms with Gasteiger partial charge in [-0.15, -0.1) is 0 Å². The number of benzene rings is 1. The Labute approximate surface area is 120 Å². The van der Waals surface area contributed by atoms with Crippen LogP contribution in [0.25, 0.3) is 0 Å². The highest BCUT2D eigenvalue weighted by molar-refractivity contribution is 8.14. The molecule has 0 radical (unpaired) electrons. The van der Waals surface area contributed by atoms with Gasteiger partial charge in [-0.25, -0.2) is 0 Å². The average molecular weight is 274 g/mol. The molecule has 3 heteroatoms. The second kappa shape index (κ2) is 5.58. The number of nitrogens with zero attached hydrogens (tertiary/aromatic N) is 1. The zero-order valence-corrected chi connectivity index (χ0v) is 12.4. The Morgan fingerprint density at radius 2 is 2.00 bits per heavy atom. The Bertz CT molecular complexity index is 449. The molecule has 0 spiro atoms. The van der Waals surface area contributed by atoms with Crippen molar-refractivity contribution in [3.63, 3.8) is 0 Å². The molecule has 1 unspecified atom stereocenters. The maximum atomic E-state index is 4.65. The van der Waals surface area contributed by atoms with Crippen LogP contribution in [0.4, 0.5) is 0 Å². The van der Waals surface area contributed by atoms with E-state index in [1.165, 1.54) is 31.2 Å². The third-order valence-corrected chi connectivity index (χ3v) is 5.51. The molecule has 19 heavy (non-hydrogen) atoms. The predicted molar refractivity (Wildman–Crippen MR) is 83.7 cm³/mol. The Balaban J connectivity index is 1.52. The fourth-order valence-corrected chi connectivity index (χ4v) is 4.02. The lowest BCUT2D eigenvalue weighted by molar-refractivity contribution is 0.336. The van der Waals surface area contributed by atoms with E-state index in [1.807, 2.05) is 11.8 Å². The van der Waals surface area contributed by atoms with Crippen LogP contribution < -0.4 is 5.32 Å². The van der Waals surface area contributed by atoms with Crippen LogP contribution in [0.2, 0.25) is 0 Å². The van der Waals surface area contributed by atoms with E-state index in [1.54, 1.807) is 0 Å². The number of rotatable bonds is 3. The SMILES string of the molecule is CC1(CNC2=NCC(c3ccccc3)S2)CCCC1. The van der Waals surface area contributed by atoms with Crippen LogP contribution in [-0.4, -0.2) is 18.3 Å². The molecule has 1 saturated carbocycles. The molecule has 1 aliphatic carbocycles. The largest absolute Gasteiger partial charge is 0.364 e. The molecule has 3 rings (SSSR count). The molecule has 0 amide bonds. The van der Waals surface area contributed by atoms with Gasteiger partial charge >= 0.3 is 0 Å². The van der Waals surface area contributed by atoms with Gasteiger partial charge in [0.1, 0.15) is 0 Å². The molecule has 2 nitrogen and oxygen atoms in total. The van der Waals surface area contributed by atoms with Crippen LogP contribution in [0.5, 0.6) is 0 Å². The first-order valence-corrected chi connectivity index (χ1v) is 8.13. The van der Waals surface area contributed by atoms with Crippen molar-refractivity contribution in [1.29, 1.82) is 0 Å². The fraction of sp³-hybridized carbons (Fsp3) is 0.562. The van der Waals surface area contributed by atoms with E-state index in [0.717, 1.165) is 18.3 Å². The Hall–Kier alpha value is -0.960. The lowest BCUT2D eigenvalue weighted by Crippen LogP contribution is -2.32. The summed E-state index contributed by atoms with van der Waals surface area (Å²) in [6, 6.07) is 10.7. The standard InChI is InChI=1S/C16H22N2S/c1-16(9-5-6-10-16)12-18-15-17-11-14(19-15)13-7-3-2-4-8-13/h2-4,7-8,14H,5-6,9-12H2,1H3,(H,17,18). The summed E-state index contributed by atoms with van der Waals surface area (Å²) in [5.41, 5.74) is 1.88. The van der Waals surface area contributed by atoms with Crippen LogP contribution in [0, 0.1) is 5.41 Å². The topological polar surface area (TPSA) is 24.4 Å². The van der Waals surface area contributed by atoms with Crippen LogP contribution in [0.1, 0.15) is 43.4 Å². The number of amidine groups is 1. The minimum absolute atomic E-state index is 0.494. The second-order valence-electron chi connectivity index (χ2n) is 6.03. The third kappa shape index (κ3) is 3.14. The molecule has 1 aromatic carbocycles. The highest BCUT2D eigenvalue weighted by Gasteiger charge is 2.29. The van der Waals surface area contributed by atoms with Gasteiger partial charge < -0.3 is 5.32 Å². The number of aliphatic imine (C=N–C) groups is 1. The smallest absolute Gasteiger partial charge is 0.157 e. The average Bonchev–Trinajstić information content (AvgIpc) is 3.07. The maximum absolute atomic E-state index is 4.65. The van der Waals surface area contributed by atoms with Crippen molar-refractivity contribution in [3.05, 3.63) is 35.9 Å². The molecule has 1 N–H and O–H groups in total. The van der Waals surface area contributed by atoms with Crippen LogP contribution in [0.15, 0.2) is 35.3 Å². The molecule has 0 aromatic heterocycles. The summed E-state index contributed by atoms with van der Waals surface area (Å²) in [4.78, 5) is 4.65. The molecular formula is C16H22N2S. The summed E-state index contributed by atoms with van der Waals surface area (Å²) in [7, 11) is 0. The van der Waals surface area contributed by atoms with Crippen molar-refractivity contribution >= 4 is 16.9 Å². The van der Waals surface area contributed by atoms with E-state index in [0.29, 0.717) is 10.7 Å². The molecule has 0 bridgehead atoms. The van der Waals surface area contributed by atoms with Gasteiger partial charge in [-0.3, -0.25) is 4.99 Å². The number of thioether (sulfide) groups is 1. The molecule has 1 aliphatic heterocycles. The molecule has 1 atom stereocenters. The van der Waals surface area contributed by atoms with Crippen LogP contribution >= 0.6 is 11.8 Å². The monoisotopic (exact) mass is 274 g/mol. The first-order valence-electron chi connectivity index (χ1n) is 7.25. The van der Waals surface area contributed by atoms with Gasteiger partial charge in [0.2, 0.25) is 0 Å². The van der Waals surface area contributed by atoms with Crippen molar-refractivity contribution in [2.24, 2.45) is 10.4 Å². The number of hydrogen-bond acceptors (Lipinski definition) is 3. The maximum Gasteiger partial charge on any atom is 0.157 e. The first-order chi connectivity index (χ1) is 9.25. The summed E-state index contributed by atoms with van der Waals surface area (Å²) >= 11 is 1.88. The summed E-state index contributed by atoms with van der Waals surface area (Å²) in [6.45, 7) is 4.40. The molecule has 1 heterocycles. The first kappa shape index (κ1) is 13.0. The lowest BCUT2D eigenvalue weighted by Gasteiger charge is -2.24. The molecule has 0 saturated heterocycles. The zero-order valence-electron chi connectivity index (χ0n) is 11.6. The minimum Gasteiger partial charge on any atom is -0.364 e. The van der Waals surface area contributed by atoms with Crippen molar-refractivity contribution < 1.29 is 0 Å². The number of hydrogen-bond donors (Lipinski definition) is 1. The van der Waals surface area contributed by atoms with Crippen molar-refractivity contribution in [3.8, 4) is 0 Å². The minimum atomic E-state index is 0.494. The van der Waals surface area contributed by atoms with Crippen molar-refractivity contribution in [2.75, 3.05) is 13.1 Å². The van der Waals surface area contributed by atoms with Crippen LogP contribution in [-0.2, 0) is 0 Å². The lowest BCUT2D eigenvalue weighted by atomic mass is 9.89. The van der Waals surface area contributed by atoms with Gasteiger partial charge in [0, 0.05) is 6.54 Å². The summed E-state index contributed by atoms with van der Waals surface area (Å²) in [6.07, 6.45) is 5.51. The normalized spacial score (nSPS) is 25.3. The second-order valence-corrected chi connectivity index (χ2v) is 7.23.